The zero-order valence-corrected chi connectivity index (χ0v) is 4.95. The summed E-state index contributed by atoms with van der Waals surface area (Å²) in [5.41, 5.74) is 0. The zero-order chi connectivity index (χ0) is 2.83. The summed E-state index contributed by atoms with van der Waals surface area (Å²) in [6.07, 6.45) is 6.00. The molecular formula is C4H9Br. The van der Waals surface area contributed by atoms with Gasteiger partial charge in [0, 0.05) is 0 Å². The quantitative estimate of drug-likeness (QED) is 0.479. The minimum Gasteiger partial charge on any atom is -0.114 e. The minimum atomic E-state index is 0. The molecule has 0 heterocycles. The highest BCUT2D eigenvalue weighted by atomic mass is 79.9. The second-order valence-electron chi connectivity index (χ2n) is 1.41. The average Bonchev–Trinajstić information content (AvgIpc) is 0.722. The second kappa shape index (κ2) is 2.70. The van der Waals surface area contributed by atoms with Gasteiger partial charge in [-0.1, -0.05) is 25.7 Å². The first-order chi connectivity index (χ1) is 2.00. The third-order valence-corrected chi connectivity index (χ3v) is 1.000. The predicted octanol–water partition coefficient (Wildman–Crippen LogP) is 2.14. The first-order valence-corrected chi connectivity index (χ1v) is 2.00. The molecule has 0 aliphatic heterocycles. The topological polar surface area (TPSA) is 0 Å². The highest BCUT2D eigenvalue weighted by Gasteiger charge is 1.95. The minimum absolute atomic E-state index is 0. The highest BCUT2D eigenvalue weighted by molar-refractivity contribution is 8.93. The van der Waals surface area contributed by atoms with Gasteiger partial charge in [-0.05, 0) is 0 Å². The van der Waals surface area contributed by atoms with Gasteiger partial charge < -0.3 is 0 Å². The van der Waals surface area contributed by atoms with Crippen molar-refractivity contribution in [3.05, 3.63) is 0 Å². The average molecular weight is 137 g/mol. The van der Waals surface area contributed by atoms with Crippen LogP contribution in [0.5, 0.6) is 0 Å². The normalized spacial score (nSPS) is 19.2. The standard InChI is InChI=1S/C4H8.BrH/c1-2-4-3-1;/h1-4H2;1H. The van der Waals surface area contributed by atoms with Crippen molar-refractivity contribution in [2.75, 3.05) is 0 Å². The van der Waals surface area contributed by atoms with Gasteiger partial charge >= 0.3 is 0 Å². The Bertz CT molecular complexity index is 11.6. The van der Waals surface area contributed by atoms with E-state index >= 15 is 0 Å². The number of hydrogen-bond acceptors (Lipinski definition) is 0. The molecule has 1 aliphatic carbocycles. The van der Waals surface area contributed by atoms with Crippen molar-refractivity contribution in [2.45, 2.75) is 25.7 Å². The lowest BCUT2D eigenvalue weighted by Gasteiger charge is -2.05. The van der Waals surface area contributed by atoms with Crippen LogP contribution in [0.1, 0.15) is 25.7 Å². The molecular weight excluding hydrogens is 128 g/mol. The van der Waals surface area contributed by atoms with Crippen LogP contribution in [0.3, 0.4) is 0 Å². The maximum absolute atomic E-state index is 1.50. The lowest BCUT2D eigenvalue weighted by atomic mass is 10.0. The molecule has 1 fully saturated rings. The lowest BCUT2D eigenvalue weighted by molar-refractivity contribution is 0.504. The van der Waals surface area contributed by atoms with Crippen molar-refractivity contribution in [1.29, 1.82) is 0 Å². The van der Waals surface area contributed by atoms with E-state index in [1.165, 1.54) is 25.7 Å². The summed E-state index contributed by atoms with van der Waals surface area (Å²) in [7, 11) is 0. The zero-order valence-electron chi connectivity index (χ0n) is 3.24. The molecule has 1 rings (SSSR count). The third-order valence-electron chi connectivity index (χ3n) is 1.000. The molecule has 0 saturated heterocycles. The summed E-state index contributed by atoms with van der Waals surface area (Å²) in [6.45, 7) is 0. The van der Waals surface area contributed by atoms with Crippen molar-refractivity contribution in [3.8, 4) is 0 Å². The molecule has 0 aromatic rings. The van der Waals surface area contributed by atoms with Crippen LogP contribution in [-0.2, 0) is 0 Å². The molecule has 0 amide bonds. The Labute approximate surface area is 43.3 Å². The van der Waals surface area contributed by atoms with Crippen molar-refractivity contribution < 1.29 is 0 Å². The molecule has 1 aliphatic rings. The van der Waals surface area contributed by atoms with Crippen LogP contribution in [0.15, 0.2) is 0 Å². The summed E-state index contributed by atoms with van der Waals surface area (Å²) in [5.74, 6) is 0. The van der Waals surface area contributed by atoms with Gasteiger partial charge in [-0.25, -0.2) is 0 Å². The fourth-order valence-electron chi connectivity index (χ4n) is 0.250. The Hall–Kier alpha value is 0.480. The van der Waals surface area contributed by atoms with Crippen LogP contribution in [0.2, 0.25) is 0 Å². The van der Waals surface area contributed by atoms with Crippen LogP contribution in [0.4, 0.5) is 0 Å². The number of hydrogen-bond donors (Lipinski definition) is 0. The second-order valence-corrected chi connectivity index (χ2v) is 1.41. The molecule has 0 spiro atoms. The van der Waals surface area contributed by atoms with Gasteiger partial charge in [-0.15, -0.1) is 17.0 Å². The predicted molar refractivity (Wildman–Crippen MR) is 28.8 cm³/mol. The molecule has 32 valence electrons. The Kier molecular flexibility index (Phi) is 2.96. The van der Waals surface area contributed by atoms with E-state index in [2.05, 4.69) is 0 Å². The first-order valence-electron chi connectivity index (χ1n) is 2.00. The van der Waals surface area contributed by atoms with E-state index in [1.54, 1.807) is 0 Å². The van der Waals surface area contributed by atoms with Crippen molar-refractivity contribution in [2.24, 2.45) is 0 Å². The molecule has 1 heteroatoms. The molecule has 0 aromatic heterocycles. The SMILES string of the molecule is Br.C1CCC1. The van der Waals surface area contributed by atoms with E-state index in [4.69, 9.17) is 0 Å². The van der Waals surface area contributed by atoms with Crippen LogP contribution in [-0.4, -0.2) is 0 Å². The van der Waals surface area contributed by atoms with Gasteiger partial charge in [0.15, 0.2) is 0 Å². The summed E-state index contributed by atoms with van der Waals surface area (Å²) in [4.78, 5) is 0. The van der Waals surface area contributed by atoms with Gasteiger partial charge in [-0.3, -0.25) is 0 Å². The maximum atomic E-state index is 1.50. The summed E-state index contributed by atoms with van der Waals surface area (Å²) in [5, 5.41) is 0. The fourth-order valence-corrected chi connectivity index (χ4v) is 0.250. The van der Waals surface area contributed by atoms with E-state index in [1.807, 2.05) is 0 Å². The maximum Gasteiger partial charge on any atom is -0.0533 e. The summed E-state index contributed by atoms with van der Waals surface area (Å²) >= 11 is 0. The van der Waals surface area contributed by atoms with Crippen LogP contribution in [0, 0.1) is 0 Å². The summed E-state index contributed by atoms with van der Waals surface area (Å²) < 4.78 is 0. The smallest absolute Gasteiger partial charge is 0.0533 e. The van der Waals surface area contributed by atoms with Gasteiger partial charge in [0.05, 0.1) is 0 Å². The molecule has 5 heavy (non-hydrogen) atoms. The molecule has 0 N–H and O–H groups in total. The largest absolute Gasteiger partial charge is 0.114 e. The molecule has 0 unspecified atom stereocenters. The molecule has 1 saturated carbocycles. The van der Waals surface area contributed by atoms with E-state index < -0.39 is 0 Å². The molecule has 0 atom stereocenters. The van der Waals surface area contributed by atoms with Gasteiger partial charge in [0.2, 0.25) is 0 Å². The molecule has 0 aromatic carbocycles. The van der Waals surface area contributed by atoms with Crippen LogP contribution >= 0.6 is 17.0 Å². The van der Waals surface area contributed by atoms with E-state index in [9.17, 15) is 0 Å². The Morgan fingerprint density at radius 2 is 0.800 bits per heavy atom. The highest BCUT2D eigenvalue weighted by Crippen LogP contribution is 2.15. The molecule has 0 bridgehead atoms. The first kappa shape index (κ1) is 5.48. The number of rotatable bonds is 0. The fraction of sp³-hybridized carbons (Fsp3) is 1.00. The third kappa shape index (κ3) is 1.37. The van der Waals surface area contributed by atoms with Gasteiger partial charge in [0.25, 0.3) is 0 Å². The Morgan fingerprint density at radius 1 is 0.600 bits per heavy atom. The van der Waals surface area contributed by atoms with E-state index in [-0.39, 0.29) is 17.0 Å². The molecule has 0 radical (unpaired) electrons. The van der Waals surface area contributed by atoms with Gasteiger partial charge in [-0.2, -0.15) is 0 Å². The Balaban J connectivity index is 0.000000160. The summed E-state index contributed by atoms with van der Waals surface area (Å²) in [6, 6.07) is 0. The van der Waals surface area contributed by atoms with Crippen molar-refractivity contribution in [1.82, 2.24) is 0 Å². The monoisotopic (exact) mass is 136 g/mol. The van der Waals surface area contributed by atoms with Crippen molar-refractivity contribution >= 4 is 17.0 Å². The van der Waals surface area contributed by atoms with Crippen LogP contribution < -0.4 is 0 Å². The molecule has 0 nitrogen and oxygen atoms in total. The van der Waals surface area contributed by atoms with Crippen molar-refractivity contribution in [3.63, 3.8) is 0 Å². The number of halogens is 1. The van der Waals surface area contributed by atoms with E-state index in [0.717, 1.165) is 0 Å². The lowest BCUT2D eigenvalue weighted by Crippen LogP contribution is -1.85. The van der Waals surface area contributed by atoms with E-state index in [0.29, 0.717) is 0 Å². The van der Waals surface area contributed by atoms with Gasteiger partial charge in [0.1, 0.15) is 0 Å². The van der Waals surface area contributed by atoms with Crippen LogP contribution in [0.25, 0.3) is 0 Å². The Morgan fingerprint density at radius 3 is 0.800 bits per heavy atom.